The molecule has 0 aliphatic heterocycles. The van der Waals surface area contributed by atoms with Gasteiger partial charge in [0.05, 0.1) is 6.04 Å². The SMILES string of the molecule is CCCNC(=O)[C@@H](N)CCSC. The van der Waals surface area contributed by atoms with Gasteiger partial charge in [0, 0.05) is 6.54 Å². The van der Waals surface area contributed by atoms with Gasteiger partial charge in [0.15, 0.2) is 0 Å². The van der Waals surface area contributed by atoms with E-state index in [1.54, 1.807) is 11.8 Å². The number of thioether (sulfide) groups is 1. The lowest BCUT2D eigenvalue weighted by atomic mass is 10.2. The Labute approximate surface area is 78.5 Å². The second kappa shape index (κ2) is 7.43. The third-order valence-corrected chi connectivity index (χ3v) is 2.16. The highest BCUT2D eigenvalue weighted by molar-refractivity contribution is 7.98. The highest BCUT2D eigenvalue weighted by atomic mass is 32.2. The van der Waals surface area contributed by atoms with Crippen molar-refractivity contribution in [2.75, 3.05) is 18.6 Å². The Bertz CT molecular complexity index is 130. The largest absolute Gasteiger partial charge is 0.355 e. The second-order valence-corrected chi connectivity index (χ2v) is 3.66. The molecule has 3 N–H and O–H groups in total. The summed E-state index contributed by atoms with van der Waals surface area (Å²) in [7, 11) is 0. The Morgan fingerprint density at radius 3 is 2.83 bits per heavy atom. The van der Waals surface area contributed by atoms with Crippen molar-refractivity contribution in [3.8, 4) is 0 Å². The third-order valence-electron chi connectivity index (χ3n) is 1.52. The van der Waals surface area contributed by atoms with E-state index in [1.807, 2.05) is 13.2 Å². The summed E-state index contributed by atoms with van der Waals surface area (Å²) >= 11 is 1.71. The lowest BCUT2D eigenvalue weighted by Gasteiger charge is -2.10. The predicted molar refractivity (Wildman–Crippen MR) is 54.3 cm³/mol. The van der Waals surface area contributed by atoms with Crippen molar-refractivity contribution < 1.29 is 4.79 Å². The van der Waals surface area contributed by atoms with Crippen molar-refractivity contribution in [3.63, 3.8) is 0 Å². The van der Waals surface area contributed by atoms with Gasteiger partial charge >= 0.3 is 0 Å². The maximum atomic E-state index is 11.2. The van der Waals surface area contributed by atoms with E-state index in [9.17, 15) is 4.79 Å². The maximum Gasteiger partial charge on any atom is 0.236 e. The molecule has 72 valence electrons. The van der Waals surface area contributed by atoms with E-state index in [4.69, 9.17) is 5.73 Å². The molecule has 4 heteroatoms. The molecule has 0 rings (SSSR count). The van der Waals surface area contributed by atoms with Crippen LogP contribution in [0.15, 0.2) is 0 Å². The first-order valence-electron chi connectivity index (χ1n) is 4.24. The van der Waals surface area contributed by atoms with Crippen LogP contribution in [-0.2, 0) is 4.79 Å². The summed E-state index contributed by atoms with van der Waals surface area (Å²) in [4.78, 5) is 11.2. The summed E-state index contributed by atoms with van der Waals surface area (Å²) in [6, 6.07) is -0.330. The first kappa shape index (κ1) is 11.8. The minimum Gasteiger partial charge on any atom is -0.355 e. The molecule has 3 nitrogen and oxygen atoms in total. The average molecular weight is 190 g/mol. The highest BCUT2D eigenvalue weighted by Gasteiger charge is 2.10. The molecule has 0 saturated carbocycles. The van der Waals surface area contributed by atoms with Crippen molar-refractivity contribution in [1.82, 2.24) is 5.32 Å². The number of rotatable bonds is 6. The second-order valence-electron chi connectivity index (χ2n) is 2.68. The van der Waals surface area contributed by atoms with E-state index in [0.717, 1.165) is 25.1 Å². The van der Waals surface area contributed by atoms with Crippen LogP contribution in [0.4, 0.5) is 0 Å². The lowest BCUT2D eigenvalue weighted by Crippen LogP contribution is -2.41. The number of carbonyl (C=O) groups is 1. The van der Waals surface area contributed by atoms with E-state index in [1.165, 1.54) is 0 Å². The molecule has 0 aromatic heterocycles. The van der Waals surface area contributed by atoms with Crippen LogP contribution in [0.3, 0.4) is 0 Å². The van der Waals surface area contributed by atoms with Crippen LogP contribution in [0.2, 0.25) is 0 Å². The first-order valence-corrected chi connectivity index (χ1v) is 5.64. The fraction of sp³-hybridized carbons (Fsp3) is 0.875. The number of hydrogen-bond donors (Lipinski definition) is 2. The Morgan fingerprint density at radius 1 is 1.67 bits per heavy atom. The van der Waals surface area contributed by atoms with Gasteiger partial charge in [-0.05, 0) is 24.9 Å². The molecule has 0 aromatic rings. The Balaban J connectivity index is 3.47. The summed E-state index contributed by atoms with van der Waals surface area (Å²) < 4.78 is 0. The van der Waals surface area contributed by atoms with Gasteiger partial charge in [-0.2, -0.15) is 11.8 Å². The Hall–Kier alpha value is -0.220. The van der Waals surface area contributed by atoms with Crippen LogP contribution in [-0.4, -0.2) is 30.5 Å². The molecule has 0 fully saturated rings. The summed E-state index contributed by atoms with van der Waals surface area (Å²) in [5.41, 5.74) is 5.62. The molecule has 0 spiro atoms. The normalized spacial score (nSPS) is 12.6. The van der Waals surface area contributed by atoms with Gasteiger partial charge in [0.1, 0.15) is 0 Å². The standard InChI is InChI=1S/C8H18N2OS/c1-3-5-10-8(11)7(9)4-6-12-2/h7H,3-6,9H2,1-2H3,(H,10,11)/t7-/m0/s1. The van der Waals surface area contributed by atoms with Crippen molar-refractivity contribution in [2.45, 2.75) is 25.8 Å². The first-order chi connectivity index (χ1) is 5.72. The minimum absolute atomic E-state index is 0.0223. The maximum absolute atomic E-state index is 11.2. The molecule has 0 saturated heterocycles. The Kier molecular flexibility index (Phi) is 7.29. The zero-order valence-corrected chi connectivity index (χ0v) is 8.62. The smallest absolute Gasteiger partial charge is 0.236 e. The van der Waals surface area contributed by atoms with Gasteiger partial charge in [-0.1, -0.05) is 6.92 Å². The quantitative estimate of drug-likeness (QED) is 0.644. The lowest BCUT2D eigenvalue weighted by molar-refractivity contribution is -0.122. The molecule has 0 aliphatic carbocycles. The summed E-state index contributed by atoms with van der Waals surface area (Å²) in [6.07, 6.45) is 3.73. The summed E-state index contributed by atoms with van der Waals surface area (Å²) in [6.45, 7) is 2.75. The zero-order chi connectivity index (χ0) is 9.40. The van der Waals surface area contributed by atoms with E-state index in [2.05, 4.69) is 5.32 Å². The predicted octanol–water partition coefficient (Wildman–Crippen LogP) is 0.593. The number of hydrogen-bond acceptors (Lipinski definition) is 3. The topological polar surface area (TPSA) is 55.1 Å². The van der Waals surface area contributed by atoms with Crippen LogP contribution in [0.25, 0.3) is 0 Å². The van der Waals surface area contributed by atoms with Gasteiger partial charge in [-0.25, -0.2) is 0 Å². The van der Waals surface area contributed by atoms with Crippen LogP contribution in [0.5, 0.6) is 0 Å². The molecule has 1 amide bonds. The van der Waals surface area contributed by atoms with Gasteiger partial charge < -0.3 is 11.1 Å². The number of nitrogens with two attached hydrogens (primary N) is 1. The van der Waals surface area contributed by atoms with Gasteiger partial charge in [-0.15, -0.1) is 0 Å². The summed E-state index contributed by atoms with van der Waals surface area (Å²) in [5.74, 6) is 0.923. The van der Waals surface area contributed by atoms with Crippen LogP contribution in [0.1, 0.15) is 19.8 Å². The van der Waals surface area contributed by atoms with Crippen molar-refractivity contribution in [2.24, 2.45) is 5.73 Å². The summed E-state index contributed by atoms with van der Waals surface area (Å²) in [5, 5.41) is 2.77. The van der Waals surface area contributed by atoms with E-state index >= 15 is 0 Å². The van der Waals surface area contributed by atoms with E-state index in [0.29, 0.717) is 0 Å². The van der Waals surface area contributed by atoms with Crippen LogP contribution < -0.4 is 11.1 Å². The molecular formula is C8H18N2OS. The molecular weight excluding hydrogens is 172 g/mol. The molecule has 0 bridgehead atoms. The number of amides is 1. The highest BCUT2D eigenvalue weighted by Crippen LogP contribution is 1.98. The Morgan fingerprint density at radius 2 is 2.33 bits per heavy atom. The number of carbonyl (C=O) groups excluding carboxylic acids is 1. The van der Waals surface area contributed by atoms with Crippen LogP contribution >= 0.6 is 11.8 Å². The van der Waals surface area contributed by atoms with E-state index in [-0.39, 0.29) is 11.9 Å². The van der Waals surface area contributed by atoms with Crippen molar-refractivity contribution in [3.05, 3.63) is 0 Å². The molecule has 0 aromatic carbocycles. The van der Waals surface area contributed by atoms with Gasteiger partial charge in [-0.3, -0.25) is 4.79 Å². The monoisotopic (exact) mass is 190 g/mol. The molecule has 0 unspecified atom stereocenters. The third kappa shape index (κ3) is 5.43. The fourth-order valence-electron chi connectivity index (χ4n) is 0.755. The fourth-order valence-corrected chi connectivity index (χ4v) is 1.24. The molecule has 12 heavy (non-hydrogen) atoms. The zero-order valence-electron chi connectivity index (χ0n) is 7.80. The van der Waals surface area contributed by atoms with Gasteiger partial charge in [0.2, 0.25) is 5.91 Å². The van der Waals surface area contributed by atoms with Crippen molar-refractivity contribution in [1.29, 1.82) is 0 Å². The van der Waals surface area contributed by atoms with Gasteiger partial charge in [0.25, 0.3) is 0 Å². The molecule has 1 atom stereocenters. The van der Waals surface area contributed by atoms with Crippen LogP contribution in [0, 0.1) is 0 Å². The number of nitrogens with one attached hydrogen (secondary N) is 1. The van der Waals surface area contributed by atoms with Crippen molar-refractivity contribution >= 4 is 17.7 Å². The minimum atomic E-state index is -0.330. The average Bonchev–Trinajstić information content (AvgIpc) is 2.10. The van der Waals surface area contributed by atoms with E-state index < -0.39 is 0 Å². The molecule has 0 aliphatic rings. The molecule has 0 radical (unpaired) electrons. The molecule has 0 heterocycles.